The highest BCUT2D eigenvalue weighted by atomic mass is 16.5. The molecular weight excluding hydrogens is 436 g/mol. The van der Waals surface area contributed by atoms with Crippen molar-refractivity contribution in [1.29, 1.82) is 0 Å². The van der Waals surface area contributed by atoms with Gasteiger partial charge in [0.25, 0.3) is 5.91 Å². The Balaban J connectivity index is 1.87. The van der Waals surface area contributed by atoms with Gasteiger partial charge in [0, 0.05) is 36.5 Å². The molecule has 0 spiro atoms. The van der Waals surface area contributed by atoms with Crippen LogP contribution in [0.15, 0.2) is 58.6 Å². The number of aliphatic hydroxyl groups is 1. The average molecular weight is 467 g/mol. The number of carbonyl (C=O) groups excluding carboxylic acids is 1. The lowest BCUT2D eigenvalue weighted by molar-refractivity contribution is -0.127. The minimum atomic E-state index is -1.18. The summed E-state index contributed by atoms with van der Waals surface area (Å²) in [7, 11) is 0. The number of aliphatic hydroxyl groups excluding tert-OH is 1. The summed E-state index contributed by atoms with van der Waals surface area (Å²) in [6.07, 6.45) is 1.71. The number of carbonyl (C=O) groups is 1. The molecular formula is C24H30N6O4. The van der Waals surface area contributed by atoms with Gasteiger partial charge in [0.15, 0.2) is 5.54 Å². The Bertz CT molecular complexity index is 1040. The maximum atomic E-state index is 13.3. The quantitative estimate of drug-likeness (QED) is 0.137. The van der Waals surface area contributed by atoms with Gasteiger partial charge in [0.05, 0.1) is 13.2 Å². The molecule has 0 bridgehead atoms. The highest BCUT2D eigenvalue weighted by Crippen LogP contribution is 2.29. The molecule has 0 unspecified atom stereocenters. The van der Waals surface area contributed by atoms with E-state index >= 15 is 0 Å². The van der Waals surface area contributed by atoms with E-state index in [1.165, 1.54) is 0 Å². The molecule has 0 saturated carbocycles. The van der Waals surface area contributed by atoms with Crippen molar-refractivity contribution < 1.29 is 19.4 Å². The van der Waals surface area contributed by atoms with E-state index in [4.69, 9.17) is 25.1 Å². The van der Waals surface area contributed by atoms with Gasteiger partial charge >= 0.3 is 0 Å². The van der Waals surface area contributed by atoms with E-state index in [1.807, 2.05) is 43.3 Å². The number of benzene rings is 2. The van der Waals surface area contributed by atoms with E-state index in [0.29, 0.717) is 31.2 Å². The van der Waals surface area contributed by atoms with Crippen LogP contribution in [0.5, 0.6) is 5.75 Å². The Morgan fingerprint density at radius 2 is 2.03 bits per heavy atom. The van der Waals surface area contributed by atoms with Crippen molar-refractivity contribution in [2.24, 2.45) is 10.1 Å². The molecule has 3 rings (SSSR count). The first-order chi connectivity index (χ1) is 16.6. The van der Waals surface area contributed by atoms with Crippen molar-refractivity contribution in [3.63, 3.8) is 0 Å². The topological polar surface area (TPSA) is 141 Å². The Morgan fingerprint density at radius 3 is 2.74 bits per heavy atom. The van der Waals surface area contributed by atoms with Crippen LogP contribution in [0.3, 0.4) is 0 Å². The predicted molar refractivity (Wildman–Crippen MR) is 128 cm³/mol. The average Bonchev–Trinajstić information content (AvgIpc) is 3.29. The molecule has 1 atom stereocenters. The molecule has 0 radical (unpaired) electrons. The lowest BCUT2D eigenvalue weighted by Gasteiger charge is -2.24. The zero-order chi connectivity index (χ0) is 24.2. The number of ether oxygens (including phenoxy) is 2. The zero-order valence-corrected chi connectivity index (χ0v) is 19.2. The van der Waals surface area contributed by atoms with Crippen molar-refractivity contribution in [2.45, 2.75) is 38.3 Å². The number of azide groups is 1. The first-order valence-electron chi connectivity index (χ1n) is 11.3. The number of nitrogens with zero attached hydrogens (tertiary/aromatic N) is 4. The highest BCUT2D eigenvalue weighted by Gasteiger charge is 2.45. The van der Waals surface area contributed by atoms with Gasteiger partial charge in [0.2, 0.25) is 5.90 Å². The van der Waals surface area contributed by atoms with Crippen LogP contribution >= 0.6 is 0 Å². The Kier molecular flexibility index (Phi) is 9.28. The van der Waals surface area contributed by atoms with Gasteiger partial charge in [-0.3, -0.25) is 10.2 Å². The molecule has 0 fully saturated rings. The summed E-state index contributed by atoms with van der Waals surface area (Å²) in [6, 6.07) is 14.8. The summed E-state index contributed by atoms with van der Waals surface area (Å²) in [4.78, 5) is 20.9. The smallest absolute Gasteiger partial charge is 0.266 e. The van der Waals surface area contributed by atoms with Crippen molar-refractivity contribution in [2.75, 3.05) is 26.4 Å². The van der Waals surface area contributed by atoms with E-state index < -0.39 is 5.54 Å². The fourth-order valence-corrected chi connectivity index (χ4v) is 3.52. The molecule has 2 aromatic carbocycles. The molecule has 1 aliphatic rings. The second-order valence-electron chi connectivity index (χ2n) is 7.90. The maximum Gasteiger partial charge on any atom is 0.266 e. The van der Waals surface area contributed by atoms with E-state index in [1.54, 1.807) is 12.1 Å². The summed E-state index contributed by atoms with van der Waals surface area (Å²) in [5.74, 6) is 0.758. The molecule has 10 nitrogen and oxygen atoms in total. The molecule has 2 aromatic rings. The lowest BCUT2D eigenvalue weighted by atomic mass is 9.89. The minimum Gasteiger partial charge on any atom is -0.494 e. The second kappa shape index (κ2) is 12.6. The molecule has 1 amide bonds. The normalized spacial score (nSPS) is 16.8. The van der Waals surface area contributed by atoms with Gasteiger partial charge in [-0.25, -0.2) is 10.4 Å². The van der Waals surface area contributed by atoms with Gasteiger partial charge in [-0.1, -0.05) is 36.3 Å². The van der Waals surface area contributed by atoms with Crippen LogP contribution in [0.4, 0.5) is 0 Å². The Hall–Kier alpha value is -3.59. The third-order valence-electron chi connectivity index (χ3n) is 5.34. The number of nitrogens with one attached hydrogen (secondary N) is 2. The third-order valence-corrected chi connectivity index (χ3v) is 5.34. The number of amides is 1. The van der Waals surface area contributed by atoms with Crippen molar-refractivity contribution in [3.8, 4) is 5.75 Å². The zero-order valence-electron chi connectivity index (χ0n) is 19.2. The first kappa shape index (κ1) is 25.0. The van der Waals surface area contributed by atoms with Gasteiger partial charge in [-0.2, -0.15) is 0 Å². The summed E-state index contributed by atoms with van der Waals surface area (Å²) in [5, 5.41) is 12.6. The van der Waals surface area contributed by atoms with E-state index in [2.05, 4.69) is 20.9 Å². The van der Waals surface area contributed by atoms with Crippen molar-refractivity contribution in [3.05, 3.63) is 75.7 Å². The van der Waals surface area contributed by atoms with Crippen molar-refractivity contribution in [1.82, 2.24) is 10.9 Å². The third kappa shape index (κ3) is 6.48. The number of aliphatic imine (C=N–C) groups is 1. The molecule has 180 valence electrons. The molecule has 10 heteroatoms. The molecule has 0 aromatic heterocycles. The molecule has 0 saturated heterocycles. The van der Waals surface area contributed by atoms with Crippen LogP contribution in [0.25, 0.3) is 10.4 Å². The van der Waals surface area contributed by atoms with Gasteiger partial charge in [0.1, 0.15) is 12.4 Å². The molecule has 0 aliphatic carbocycles. The number of hydrogen-bond donors (Lipinski definition) is 3. The summed E-state index contributed by atoms with van der Waals surface area (Å²) in [6.45, 7) is 3.40. The Morgan fingerprint density at radius 1 is 1.26 bits per heavy atom. The van der Waals surface area contributed by atoms with E-state index in [-0.39, 0.29) is 32.1 Å². The van der Waals surface area contributed by atoms with Crippen LogP contribution in [-0.2, 0) is 22.5 Å². The number of hydrazine groups is 1. The summed E-state index contributed by atoms with van der Waals surface area (Å²) < 4.78 is 11.5. The highest BCUT2D eigenvalue weighted by molar-refractivity contribution is 6.00. The molecule has 1 heterocycles. The van der Waals surface area contributed by atoms with Crippen LogP contribution < -0.4 is 15.6 Å². The molecule has 34 heavy (non-hydrogen) atoms. The molecule has 3 N–H and O–H groups in total. The van der Waals surface area contributed by atoms with Crippen LogP contribution in [0.1, 0.15) is 36.5 Å². The fraction of sp³-hybridized carbons (Fsp3) is 0.417. The van der Waals surface area contributed by atoms with Gasteiger partial charge in [-0.15, -0.1) is 0 Å². The van der Waals surface area contributed by atoms with Crippen LogP contribution in [0, 0.1) is 0 Å². The van der Waals surface area contributed by atoms with Crippen molar-refractivity contribution >= 4 is 11.8 Å². The second-order valence-corrected chi connectivity index (χ2v) is 7.90. The maximum absolute atomic E-state index is 13.3. The SMILES string of the molecule is CCCNNC(=O)[C@]1(Cc2ccccc2CN=[N+]=[N-])COC(c2ccc(OCCCO)cc2)=N1. The number of hydrogen-bond acceptors (Lipinski definition) is 7. The number of rotatable bonds is 13. The standard InChI is InChI=1S/C24H30N6O4/c1-2-12-26-29-23(32)24(15-19-6-3-4-7-20(19)16-27-30-25)17-34-22(28-24)18-8-10-21(11-9-18)33-14-5-13-31/h3-4,6-11,26,31H,2,5,12-17H2,1H3,(H,29,32)/t24-/m0/s1. The monoisotopic (exact) mass is 466 g/mol. The van der Waals surface area contributed by atoms with E-state index in [0.717, 1.165) is 23.1 Å². The van der Waals surface area contributed by atoms with Crippen LogP contribution in [0.2, 0.25) is 0 Å². The largest absolute Gasteiger partial charge is 0.494 e. The minimum absolute atomic E-state index is 0.0754. The lowest BCUT2D eigenvalue weighted by Crippen LogP contribution is -2.53. The summed E-state index contributed by atoms with van der Waals surface area (Å²) >= 11 is 0. The van der Waals surface area contributed by atoms with E-state index in [9.17, 15) is 4.79 Å². The van der Waals surface area contributed by atoms with Gasteiger partial charge in [-0.05, 0) is 47.3 Å². The summed E-state index contributed by atoms with van der Waals surface area (Å²) in [5.41, 5.74) is 15.7. The van der Waals surface area contributed by atoms with Gasteiger partial charge < -0.3 is 14.6 Å². The predicted octanol–water partition coefficient (Wildman–Crippen LogP) is 3.05. The van der Waals surface area contributed by atoms with Crippen LogP contribution in [-0.4, -0.2) is 48.8 Å². The fourth-order valence-electron chi connectivity index (χ4n) is 3.52. The Labute approximate surface area is 198 Å². The molecule has 1 aliphatic heterocycles. The first-order valence-corrected chi connectivity index (χ1v) is 11.3.